The van der Waals surface area contributed by atoms with Crippen molar-refractivity contribution in [1.29, 1.82) is 0 Å². The Kier molecular flexibility index (Phi) is 6.41. The number of amides is 2. The van der Waals surface area contributed by atoms with Gasteiger partial charge in [-0.15, -0.1) is 6.42 Å². The highest BCUT2D eigenvalue weighted by molar-refractivity contribution is 5.74. The first-order valence-corrected chi connectivity index (χ1v) is 6.42. The first-order valence-electron chi connectivity index (χ1n) is 6.42. The number of rotatable bonds is 6. The normalized spacial score (nSPS) is 11.6. The van der Waals surface area contributed by atoms with Gasteiger partial charge in [0.2, 0.25) is 0 Å². The van der Waals surface area contributed by atoms with Gasteiger partial charge in [-0.1, -0.05) is 18.1 Å². The molecule has 1 rings (SSSR count). The summed E-state index contributed by atoms with van der Waals surface area (Å²) >= 11 is 0. The third-order valence-corrected chi connectivity index (χ3v) is 2.44. The van der Waals surface area contributed by atoms with Crippen molar-refractivity contribution in [1.82, 2.24) is 10.6 Å². The standard InChI is InChI=1S/C15H20N2O3/c1-4-9-16-15(19)17-10-14(18)12-5-7-13(8-6-12)20-11(2)3/h1,5-8,11,14,18H,9-10H2,2-3H3,(H2,16,17,19). The van der Waals surface area contributed by atoms with Crippen LogP contribution in [0, 0.1) is 12.3 Å². The monoisotopic (exact) mass is 276 g/mol. The second kappa shape index (κ2) is 8.08. The lowest BCUT2D eigenvalue weighted by Gasteiger charge is -2.14. The Hall–Kier alpha value is -2.19. The van der Waals surface area contributed by atoms with Crippen molar-refractivity contribution in [2.75, 3.05) is 13.1 Å². The number of carbonyl (C=O) groups excluding carboxylic acids is 1. The maximum Gasteiger partial charge on any atom is 0.315 e. The molecule has 2 amide bonds. The molecule has 0 aliphatic carbocycles. The van der Waals surface area contributed by atoms with E-state index >= 15 is 0 Å². The molecule has 0 heterocycles. The first kappa shape index (κ1) is 15.9. The Morgan fingerprint density at radius 2 is 2.00 bits per heavy atom. The van der Waals surface area contributed by atoms with Crippen LogP contribution in [0.15, 0.2) is 24.3 Å². The predicted octanol–water partition coefficient (Wildman–Crippen LogP) is 1.44. The SMILES string of the molecule is C#CCNC(=O)NCC(O)c1ccc(OC(C)C)cc1. The number of urea groups is 1. The Morgan fingerprint density at radius 3 is 2.55 bits per heavy atom. The minimum absolute atomic E-state index is 0.104. The summed E-state index contributed by atoms with van der Waals surface area (Å²) in [6.45, 7) is 4.16. The number of benzene rings is 1. The van der Waals surface area contributed by atoms with Crippen LogP contribution in [0.5, 0.6) is 5.75 Å². The Balaban J connectivity index is 2.45. The van der Waals surface area contributed by atoms with Gasteiger partial charge in [-0.25, -0.2) is 4.79 Å². The summed E-state index contributed by atoms with van der Waals surface area (Å²) in [7, 11) is 0. The number of hydrogen-bond acceptors (Lipinski definition) is 3. The molecule has 1 aromatic carbocycles. The van der Waals surface area contributed by atoms with Crippen molar-refractivity contribution in [3.63, 3.8) is 0 Å². The van der Waals surface area contributed by atoms with Gasteiger partial charge in [0.1, 0.15) is 5.75 Å². The zero-order valence-corrected chi connectivity index (χ0v) is 11.7. The maximum absolute atomic E-state index is 11.3. The number of aliphatic hydroxyl groups excluding tert-OH is 1. The fraction of sp³-hybridized carbons (Fsp3) is 0.400. The number of ether oxygens (including phenoxy) is 1. The second-order valence-corrected chi connectivity index (χ2v) is 4.52. The van der Waals surface area contributed by atoms with Crippen LogP contribution in [0.1, 0.15) is 25.5 Å². The van der Waals surface area contributed by atoms with E-state index in [0.717, 1.165) is 5.75 Å². The molecule has 1 aromatic rings. The largest absolute Gasteiger partial charge is 0.491 e. The molecule has 0 bridgehead atoms. The Labute approximate surface area is 119 Å². The van der Waals surface area contributed by atoms with Gasteiger partial charge in [0.25, 0.3) is 0 Å². The molecule has 0 aliphatic rings. The summed E-state index contributed by atoms with van der Waals surface area (Å²) in [5.74, 6) is 3.04. The summed E-state index contributed by atoms with van der Waals surface area (Å²) in [5, 5.41) is 14.9. The smallest absolute Gasteiger partial charge is 0.315 e. The molecule has 108 valence electrons. The molecular weight excluding hydrogens is 256 g/mol. The molecule has 20 heavy (non-hydrogen) atoms. The van der Waals surface area contributed by atoms with E-state index in [1.54, 1.807) is 24.3 Å². The highest BCUT2D eigenvalue weighted by Gasteiger charge is 2.09. The lowest BCUT2D eigenvalue weighted by molar-refractivity contribution is 0.173. The van der Waals surface area contributed by atoms with Gasteiger partial charge in [-0.3, -0.25) is 0 Å². The molecule has 0 aliphatic heterocycles. The van der Waals surface area contributed by atoms with E-state index in [1.165, 1.54) is 0 Å². The molecule has 0 aromatic heterocycles. The summed E-state index contributed by atoms with van der Waals surface area (Å²) in [5.41, 5.74) is 0.707. The summed E-state index contributed by atoms with van der Waals surface area (Å²) in [6.07, 6.45) is 4.34. The third-order valence-electron chi connectivity index (χ3n) is 2.44. The molecule has 1 unspecified atom stereocenters. The lowest BCUT2D eigenvalue weighted by Crippen LogP contribution is -2.37. The zero-order valence-electron chi connectivity index (χ0n) is 11.7. The number of aliphatic hydroxyl groups is 1. The van der Waals surface area contributed by atoms with Crippen molar-refractivity contribution in [3.05, 3.63) is 29.8 Å². The molecule has 5 nitrogen and oxygen atoms in total. The highest BCUT2D eigenvalue weighted by atomic mass is 16.5. The van der Waals surface area contributed by atoms with Crippen molar-refractivity contribution >= 4 is 6.03 Å². The maximum atomic E-state index is 11.3. The van der Waals surface area contributed by atoms with Gasteiger partial charge in [-0.05, 0) is 31.5 Å². The van der Waals surface area contributed by atoms with Crippen molar-refractivity contribution in [3.8, 4) is 18.1 Å². The zero-order chi connectivity index (χ0) is 15.0. The van der Waals surface area contributed by atoms with Crippen LogP contribution in [0.3, 0.4) is 0 Å². The van der Waals surface area contributed by atoms with Crippen molar-refractivity contribution in [2.45, 2.75) is 26.1 Å². The van der Waals surface area contributed by atoms with E-state index in [1.807, 2.05) is 13.8 Å². The van der Waals surface area contributed by atoms with Gasteiger partial charge in [0.15, 0.2) is 0 Å². The van der Waals surface area contributed by atoms with Crippen LogP contribution in [0.4, 0.5) is 4.79 Å². The summed E-state index contributed by atoms with van der Waals surface area (Å²) < 4.78 is 5.51. The van der Waals surface area contributed by atoms with E-state index in [0.29, 0.717) is 5.56 Å². The van der Waals surface area contributed by atoms with E-state index in [-0.39, 0.29) is 19.2 Å². The molecule has 0 saturated heterocycles. The first-order chi connectivity index (χ1) is 9.52. The highest BCUT2D eigenvalue weighted by Crippen LogP contribution is 2.18. The summed E-state index contributed by atoms with van der Waals surface area (Å²) in [6, 6.07) is 6.71. The molecular formula is C15H20N2O3. The molecule has 3 N–H and O–H groups in total. The van der Waals surface area contributed by atoms with Gasteiger partial charge >= 0.3 is 6.03 Å². The van der Waals surface area contributed by atoms with Crippen LogP contribution in [-0.4, -0.2) is 30.3 Å². The predicted molar refractivity (Wildman–Crippen MR) is 77.4 cm³/mol. The molecule has 1 atom stereocenters. The minimum atomic E-state index is -0.778. The molecule has 0 saturated carbocycles. The number of hydrogen-bond donors (Lipinski definition) is 3. The quantitative estimate of drug-likeness (QED) is 0.689. The molecule has 0 radical (unpaired) electrons. The van der Waals surface area contributed by atoms with Gasteiger partial charge in [0.05, 0.1) is 18.8 Å². The average Bonchev–Trinajstić information content (AvgIpc) is 2.42. The Bertz CT molecular complexity index is 463. The number of nitrogens with one attached hydrogen (secondary N) is 2. The topological polar surface area (TPSA) is 70.6 Å². The van der Waals surface area contributed by atoms with E-state index in [4.69, 9.17) is 11.2 Å². The lowest BCUT2D eigenvalue weighted by atomic mass is 10.1. The molecule has 0 spiro atoms. The van der Waals surface area contributed by atoms with Crippen molar-refractivity contribution < 1.29 is 14.6 Å². The minimum Gasteiger partial charge on any atom is -0.491 e. The van der Waals surface area contributed by atoms with E-state index in [2.05, 4.69) is 16.6 Å². The fourth-order valence-electron chi connectivity index (χ4n) is 1.54. The summed E-state index contributed by atoms with van der Waals surface area (Å²) in [4.78, 5) is 11.3. The third kappa shape index (κ3) is 5.63. The van der Waals surface area contributed by atoms with E-state index in [9.17, 15) is 9.90 Å². The van der Waals surface area contributed by atoms with Crippen LogP contribution < -0.4 is 15.4 Å². The fourth-order valence-corrected chi connectivity index (χ4v) is 1.54. The number of carbonyl (C=O) groups is 1. The molecule has 0 fully saturated rings. The van der Waals surface area contributed by atoms with Gasteiger partial charge in [0, 0.05) is 6.54 Å². The van der Waals surface area contributed by atoms with Crippen LogP contribution in [-0.2, 0) is 0 Å². The number of terminal acetylenes is 1. The van der Waals surface area contributed by atoms with Crippen LogP contribution >= 0.6 is 0 Å². The second-order valence-electron chi connectivity index (χ2n) is 4.52. The van der Waals surface area contributed by atoms with E-state index < -0.39 is 12.1 Å². The van der Waals surface area contributed by atoms with Crippen molar-refractivity contribution in [2.24, 2.45) is 0 Å². The van der Waals surface area contributed by atoms with Crippen LogP contribution in [0.2, 0.25) is 0 Å². The molecule has 5 heteroatoms. The van der Waals surface area contributed by atoms with Gasteiger partial charge in [-0.2, -0.15) is 0 Å². The van der Waals surface area contributed by atoms with Gasteiger partial charge < -0.3 is 20.5 Å². The Morgan fingerprint density at radius 1 is 1.35 bits per heavy atom. The average molecular weight is 276 g/mol. The van der Waals surface area contributed by atoms with Crippen LogP contribution in [0.25, 0.3) is 0 Å².